The third-order valence-corrected chi connectivity index (χ3v) is 6.43. The SMILES string of the molecule is COc1ccc(NC(=O)CSc2nc3ccccc3c(=O)n2C2CCCC2)c(OC)c1. The lowest BCUT2D eigenvalue weighted by Gasteiger charge is -2.18. The van der Waals surface area contributed by atoms with Gasteiger partial charge in [-0.05, 0) is 37.1 Å². The molecule has 1 fully saturated rings. The van der Waals surface area contributed by atoms with Crippen molar-refractivity contribution in [2.75, 3.05) is 25.3 Å². The molecule has 0 radical (unpaired) electrons. The van der Waals surface area contributed by atoms with Crippen LogP contribution in [0.4, 0.5) is 5.69 Å². The highest BCUT2D eigenvalue weighted by Crippen LogP contribution is 2.33. The van der Waals surface area contributed by atoms with Gasteiger partial charge in [0, 0.05) is 12.1 Å². The minimum Gasteiger partial charge on any atom is -0.497 e. The van der Waals surface area contributed by atoms with E-state index in [9.17, 15) is 9.59 Å². The van der Waals surface area contributed by atoms with Crippen LogP contribution in [-0.2, 0) is 4.79 Å². The molecule has 8 heteroatoms. The van der Waals surface area contributed by atoms with Crippen LogP contribution in [0, 0.1) is 0 Å². The van der Waals surface area contributed by atoms with Crippen molar-refractivity contribution in [3.05, 3.63) is 52.8 Å². The maximum atomic E-state index is 13.2. The van der Waals surface area contributed by atoms with Crippen LogP contribution in [0.25, 0.3) is 10.9 Å². The summed E-state index contributed by atoms with van der Waals surface area (Å²) in [5, 5.41) is 4.08. The summed E-state index contributed by atoms with van der Waals surface area (Å²) in [6, 6.07) is 12.7. The fourth-order valence-corrected chi connectivity index (χ4v) is 4.80. The van der Waals surface area contributed by atoms with E-state index >= 15 is 0 Å². The molecular formula is C23H25N3O4S. The van der Waals surface area contributed by atoms with E-state index in [-0.39, 0.29) is 23.3 Å². The summed E-state index contributed by atoms with van der Waals surface area (Å²) in [6.45, 7) is 0. The van der Waals surface area contributed by atoms with Crippen molar-refractivity contribution in [2.24, 2.45) is 0 Å². The van der Waals surface area contributed by atoms with Crippen molar-refractivity contribution in [3.63, 3.8) is 0 Å². The number of nitrogens with one attached hydrogen (secondary N) is 1. The monoisotopic (exact) mass is 439 g/mol. The molecular weight excluding hydrogens is 414 g/mol. The zero-order valence-corrected chi connectivity index (χ0v) is 18.4. The largest absolute Gasteiger partial charge is 0.497 e. The Bertz CT molecular complexity index is 1160. The van der Waals surface area contributed by atoms with Crippen LogP contribution in [0.5, 0.6) is 11.5 Å². The molecule has 1 saturated carbocycles. The molecule has 7 nitrogen and oxygen atoms in total. The summed E-state index contributed by atoms with van der Waals surface area (Å²) in [7, 11) is 3.11. The number of rotatable bonds is 7. The molecule has 1 aliphatic rings. The van der Waals surface area contributed by atoms with Gasteiger partial charge in [0.25, 0.3) is 5.56 Å². The molecule has 0 saturated heterocycles. The molecule has 0 atom stereocenters. The van der Waals surface area contributed by atoms with Crippen molar-refractivity contribution in [1.29, 1.82) is 0 Å². The van der Waals surface area contributed by atoms with E-state index in [1.54, 1.807) is 37.0 Å². The summed E-state index contributed by atoms with van der Waals surface area (Å²) >= 11 is 1.29. The van der Waals surface area contributed by atoms with Gasteiger partial charge < -0.3 is 14.8 Å². The van der Waals surface area contributed by atoms with Crippen LogP contribution in [0.1, 0.15) is 31.7 Å². The summed E-state index contributed by atoms with van der Waals surface area (Å²) < 4.78 is 12.3. The average molecular weight is 440 g/mol. The minimum absolute atomic E-state index is 0.0303. The molecule has 1 aromatic heterocycles. The van der Waals surface area contributed by atoms with Crippen LogP contribution >= 0.6 is 11.8 Å². The molecule has 1 amide bonds. The highest BCUT2D eigenvalue weighted by atomic mass is 32.2. The molecule has 0 bridgehead atoms. The normalized spacial score (nSPS) is 14.0. The second-order valence-corrected chi connectivity index (χ2v) is 8.37. The van der Waals surface area contributed by atoms with Crippen molar-refractivity contribution < 1.29 is 14.3 Å². The number of nitrogens with zero attached hydrogens (tertiary/aromatic N) is 2. The number of carbonyl (C=O) groups is 1. The number of methoxy groups -OCH3 is 2. The topological polar surface area (TPSA) is 82.5 Å². The first-order valence-corrected chi connectivity index (χ1v) is 11.2. The maximum absolute atomic E-state index is 13.2. The van der Waals surface area contributed by atoms with Crippen molar-refractivity contribution in [1.82, 2.24) is 9.55 Å². The number of thioether (sulfide) groups is 1. The van der Waals surface area contributed by atoms with Gasteiger partial charge in [-0.25, -0.2) is 4.98 Å². The fraction of sp³-hybridized carbons (Fsp3) is 0.348. The summed E-state index contributed by atoms with van der Waals surface area (Å²) in [4.78, 5) is 30.6. The lowest BCUT2D eigenvalue weighted by molar-refractivity contribution is -0.113. The molecule has 4 rings (SSSR count). The van der Waals surface area contributed by atoms with Crippen LogP contribution in [0.2, 0.25) is 0 Å². The Labute approximate surface area is 184 Å². The number of hydrogen-bond acceptors (Lipinski definition) is 6. The van der Waals surface area contributed by atoms with E-state index in [2.05, 4.69) is 5.32 Å². The Balaban J connectivity index is 1.56. The Hall–Kier alpha value is -3.00. The molecule has 0 unspecified atom stereocenters. The van der Waals surface area contributed by atoms with Gasteiger partial charge >= 0.3 is 0 Å². The number of aromatic nitrogens is 2. The number of hydrogen-bond donors (Lipinski definition) is 1. The minimum atomic E-state index is -0.200. The number of para-hydroxylation sites is 1. The van der Waals surface area contributed by atoms with Crippen LogP contribution < -0.4 is 20.3 Å². The van der Waals surface area contributed by atoms with Gasteiger partial charge in [-0.1, -0.05) is 36.7 Å². The molecule has 1 N–H and O–H groups in total. The van der Waals surface area contributed by atoms with E-state index in [1.807, 2.05) is 24.3 Å². The van der Waals surface area contributed by atoms with E-state index in [0.717, 1.165) is 25.7 Å². The van der Waals surface area contributed by atoms with Gasteiger partial charge in [0.1, 0.15) is 11.5 Å². The number of anilines is 1. The third-order valence-electron chi connectivity index (χ3n) is 5.48. The van der Waals surface area contributed by atoms with Crippen LogP contribution in [-0.4, -0.2) is 35.4 Å². The van der Waals surface area contributed by atoms with E-state index in [4.69, 9.17) is 14.5 Å². The molecule has 1 heterocycles. The van der Waals surface area contributed by atoms with E-state index < -0.39 is 0 Å². The first kappa shape index (κ1) is 21.2. The highest BCUT2D eigenvalue weighted by molar-refractivity contribution is 7.99. The molecule has 2 aromatic carbocycles. The smallest absolute Gasteiger partial charge is 0.262 e. The number of ether oxygens (including phenoxy) is 2. The maximum Gasteiger partial charge on any atom is 0.262 e. The van der Waals surface area contributed by atoms with E-state index in [0.29, 0.717) is 33.2 Å². The van der Waals surface area contributed by atoms with Crippen LogP contribution in [0.3, 0.4) is 0 Å². The third kappa shape index (κ3) is 4.54. The number of benzene rings is 2. The van der Waals surface area contributed by atoms with Gasteiger partial charge in [0.2, 0.25) is 5.91 Å². The Kier molecular flexibility index (Phi) is 6.46. The average Bonchev–Trinajstić information content (AvgIpc) is 3.32. The Morgan fingerprint density at radius 1 is 1.16 bits per heavy atom. The quantitative estimate of drug-likeness (QED) is 0.438. The summed E-state index contributed by atoms with van der Waals surface area (Å²) in [5.74, 6) is 1.09. The standard InChI is InChI=1S/C23H25N3O4S/c1-29-16-11-12-19(20(13-16)30-2)24-21(27)14-31-23-25-18-10-6-5-9-17(18)22(28)26(23)15-7-3-4-8-15/h5-6,9-13,15H,3-4,7-8,14H2,1-2H3,(H,24,27). The molecule has 1 aliphatic carbocycles. The molecule has 162 valence electrons. The van der Waals surface area contributed by atoms with Gasteiger partial charge in [-0.3, -0.25) is 14.2 Å². The lowest BCUT2D eigenvalue weighted by Crippen LogP contribution is -2.27. The lowest BCUT2D eigenvalue weighted by atomic mass is 10.2. The zero-order valence-electron chi connectivity index (χ0n) is 17.6. The first-order chi connectivity index (χ1) is 15.1. The van der Waals surface area contributed by atoms with Crippen molar-refractivity contribution >= 4 is 34.3 Å². The summed E-state index contributed by atoms with van der Waals surface area (Å²) in [5.41, 5.74) is 1.19. The highest BCUT2D eigenvalue weighted by Gasteiger charge is 2.23. The van der Waals surface area contributed by atoms with Crippen molar-refractivity contribution in [3.8, 4) is 11.5 Å². The second-order valence-electron chi connectivity index (χ2n) is 7.43. The summed E-state index contributed by atoms with van der Waals surface area (Å²) in [6.07, 6.45) is 4.13. The number of carbonyl (C=O) groups excluding carboxylic acids is 1. The Morgan fingerprint density at radius 3 is 2.68 bits per heavy atom. The fourth-order valence-electron chi connectivity index (χ4n) is 3.93. The molecule has 3 aromatic rings. The molecule has 0 aliphatic heterocycles. The van der Waals surface area contributed by atoms with Crippen molar-refractivity contribution in [2.45, 2.75) is 36.9 Å². The zero-order chi connectivity index (χ0) is 21.8. The number of amides is 1. The van der Waals surface area contributed by atoms with Gasteiger partial charge in [-0.2, -0.15) is 0 Å². The molecule has 0 spiro atoms. The van der Waals surface area contributed by atoms with E-state index in [1.165, 1.54) is 11.8 Å². The number of fused-ring (bicyclic) bond motifs is 1. The second kappa shape index (κ2) is 9.43. The first-order valence-electron chi connectivity index (χ1n) is 10.3. The van der Waals surface area contributed by atoms with Gasteiger partial charge in [-0.15, -0.1) is 0 Å². The Morgan fingerprint density at radius 2 is 1.94 bits per heavy atom. The predicted molar refractivity (Wildman–Crippen MR) is 122 cm³/mol. The predicted octanol–water partition coefficient (Wildman–Crippen LogP) is 4.26. The molecule has 31 heavy (non-hydrogen) atoms. The van der Waals surface area contributed by atoms with Gasteiger partial charge in [0.15, 0.2) is 5.16 Å². The van der Waals surface area contributed by atoms with Gasteiger partial charge in [0.05, 0.1) is 36.6 Å². The van der Waals surface area contributed by atoms with Crippen LogP contribution in [0.15, 0.2) is 52.4 Å².